The van der Waals surface area contributed by atoms with Crippen LogP contribution in [0.3, 0.4) is 0 Å². The van der Waals surface area contributed by atoms with Crippen molar-refractivity contribution in [2.45, 2.75) is 45.1 Å². The van der Waals surface area contributed by atoms with Crippen LogP contribution in [0.2, 0.25) is 0 Å². The molecule has 5 rings (SSSR count). The van der Waals surface area contributed by atoms with Gasteiger partial charge in [-0.25, -0.2) is 4.79 Å². The van der Waals surface area contributed by atoms with Crippen molar-refractivity contribution in [3.8, 4) is 0 Å². The maximum Gasteiger partial charge on any atom is 0.372 e. The van der Waals surface area contributed by atoms with Crippen molar-refractivity contribution in [2.75, 3.05) is 6.61 Å². The van der Waals surface area contributed by atoms with Crippen molar-refractivity contribution in [1.82, 2.24) is 0 Å². The topological polar surface area (TPSA) is 30.2 Å². The second kappa shape index (κ2) is 6.19. The Morgan fingerprint density at radius 2 is 1.55 bits per heavy atom. The average molecular weight is 322 g/mol. The van der Waals surface area contributed by atoms with Crippen LogP contribution in [0.15, 0.2) is 30.6 Å². The van der Waals surface area contributed by atoms with Crippen LogP contribution in [-0.4, -0.2) is 12.6 Å². The van der Waals surface area contributed by atoms with Gasteiger partial charge in [-0.2, -0.15) is 4.57 Å². The quantitative estimate of drug-likeness (QED) is 0.565. The van der Waals surface area contributed by atoms with E-state index in [9.17, 15) is 4.79 Å². The normalized spacial score (nSPS) is 35.0. The summed E-state index contributed by atoms with van der Waals surface area (Å²) < 4.78 is 7.55. The van der Waals surface area contributed by atoms with Gasteiger partial charge in [0, 0.05) is 17.5 Å². The van der Waals surface area contributed by atoms with Crippen molar-refractivity contribution in [3.63, 3.8) is 0 Å². The van der Waals surface area contributed by atoms with E-state index in [-0.39, 0.29) is 18.4 Å². The van der Waals surface area contributed by atoms with Gasteiger partial charge in [-0.1, -0.05) is 6.07 Å². The van der Waals surface area contributed by atoms with Crippen LogP contribution < -0.4 is 17.0 Å². The first-order valence-electron chi connectivity index (χ1n) is 8.30. The monoisotopic (exact) mass is 321 g/mol. The molecular formula is C18H24ClNO2. The number of hydrogen-bond acceptors (Lipinski definition) is 2. The summed E-state index contributed by atoms with van der Waals surface area (Å²) in [6.07, 6.45) is 12.0. The second-order valence-corrected chi connectivity index (χ2v) is 7.63. The minimum Gasteiger partial charge on any atom is -1.00 e. The Labute approximate surface area is 138 Å². The van der Waals surface area contributed by atoms with E-state index in [0.717, 1.165) is 17.8 Å². The number of hydrogen-bond donors (Lipinski definition) is 0. The molecule has 120 valence electrons. The molecule has 0 saturated heterocycles. The van der Waals surface area contributed by atoms with E-state index in [1.165, 1.54) is 38.5 Å². The van der Waals surface area contributed by atoms with Gasteiger partial charge in [-0.05, 0) is 56.3 Å². The molecule has 0 unspecified atom stereocenters. The first-order valence-corrected chi connectivity index (χ1v) is 8.30. The van der Waals surface area contributed by atoms with Crippen molar-refractivity contribution in [3.05, 3.63) is 30.6 Å². The van der Waals surface area contributed by atoms with Gasteiger partial charge in [0.2, 0.25) is 6.54 Å². The summed E-state index contributed by atoms with van der Waals surface area (Å²) in [5, 5.41) is 0. The van der Waals surface area contributed by atoms with Gasteiger partial charge >= 0.3 is 5.97 Å². The zero-order valence-electron chi connectivity index (χ0n) is 12.9. The van der Waals surface area contributed by atoms with Crippen LogP contribution in [0.1, 0.15) is 38.5 Å². The van der Waals surface area contributed by atoms with E-state index >= 15 is 0 Å². The summed E-state index contributed by atoms with van der Waals surface area (Å²) in [6.45, 7) is 0.982. The van der Waals surface area contributed by atoms with Crippen molar-refractivity contribution >= 4 is 5.97 Å². The Balaban J connectivity index is 0.00000144. The fourth-order valence-corrected chi connectivity index (χ4v) is 5.43. The number of carbonyl (C=O) groups excluding carboxylic acids is 1. The second-order valence-electron chi connectivity index (χ2n) is 7.63. The number of pyridine rings is 1. The number of esters is 1. The first kappa shape index (κ1) is 15.8. The van der Waals surface area contributed by atoms with E-state index in [2.05, 4.69) is 0 Å². The number of carbonyl (C=O) groups is 1. The van der Waals surface area contributed by atoms with Crippen LogP contribution in [0.5, 0.6) is 0 Å². The number of halogens is 1. The zero-order valence-corrected chi connectivity index (χ0v) is 13.7. The molecule has 4 aliphatic rings. The van der Waals surface area contributed by atoms with Gasteiger partial charge < -0.3 is 17.1 Å². The highest BCUT2D eigenvalue weighted by Crippen LogP contribution is 2.60. The molecule has 4 fully saturated rings. The SMILES string of the molecule is O=C(C[n+]1ccccc1)OCC12CC3CC(CC(C3)C1)C2.[Cl-]. The molecule has 3 nitrogen and oxygen atoms in total. The fraction of sp³-hybridized carbons (Fsp3) is 0.667. The Morgan fingerprint density at radius 3 is 2.09 bits per heavy atom. The third kappa shape index (κ3) is 3.15. The molecule has 0 aromatic carbocycles. The Morgan fingerprint density at radius 1 is 1.00 bits per heavy atom. The average Bonchev–Trinajstić information content (AvgIpc) is 2.45. The first-order chi connectivity index (χ1) is 10.2. The summed E-state index contributed by atoms with van der Waals surface area (Å²) in [5.41, 5.74) is 0.325. The maximum atomic E-state index is 12.1. The lowest BCUT2D eigenvalue weighted by molar-refractivity contribution is -0.686. The molecular weight excluding hydrogens is 298 g/mol. The Hall–Kier alpha value is -1.09. The summed E-state index contributed by atoms with van der Waals surface area (Å²) in [7, 11) is 0. The molecule has 0 radical (unpaired) electrons. The van der Waals surface area contributed by atoms with Gasteiger partial charge in [0.05, 0.1) is 6.61 Å². The lowest BCUT2D eigenvalue weighted by Gasteiger charge is -2.56. The molecule has 1 aromatic heterocycles. The van der Waals surface area contributed by atoms with Crippen molar-refractivity contribution < 1.29 is 26.5 Å². The van der Waals surface area contributed by atoms with Crippen LogP contribution in [0.25, 0.3) is 0 Å². The molecule has 1 aromatic rings. The summed E-state index contributed by atoms with van der Waals surface area (Å²) in [5.74, 6) is 2.65. The number of nitrogens with zero attached hydrogens (tertiary/aromatic N) is 1. The van der Waals surface area contributed by atoms with Crippen LogP contribution in [0.4, 0.5) is 0 Å². The third-order valence-electron chi connectivity index (χ3n) is 5.79. The smallest absolute Gasteiger partial charge is 0.372 e. The van der Waals surface area contributed by atoms with Gasteiger partial charge in [0.25, 0.3) is 0 Å². The lowest BCUT2D eigenvalue weighted by atomic mass is 9.50. The van der Waals surface area contributed by atoms with Crippen LogP contribution >= 0.6 is 0 Å². The maximum absolute atomic E-state index is 12.1. The molecule has 4 bridgehead atoms. The zero-order chi connectivity index (χ0) is 14.3. The predicted octanol–water partition coefficient (Wildman–Crippen LogP) is -0.262. The lowest BCUT2D eigenvalue weighted by Crippen LogP contribution is -3.00. The fourth-order valence-electron chi connectivity index (χ4n) is 5.43. The number of rotatable bonds is 4. The predicted molar refractivity (Wildman–Crippen MR) is 78.2 cm³/mol. The Bertz CT molecular complexity index is 496. The minimum atomic E-state index is -0.0954. The van der Waals surface area contributed by atoms with E-state index < -0.39 is 0 Å². The largest absolute Gasteiger partial charge is 1.00 e. The summed E-state index contributed by atoms with van der Waals surface area (Å²) >= 11 is 0. The summed E-state index contributed by atoms with van der Waals surface area (Å²) in [6, 6.07) is 5.83. The number of aromatic nitrogens is 1. The molecule has 4 aliphatic carbocycles. The summed E-state index contributed by atoms with van der Waals surface area (Å²) in [4.78, 5) is 12.1. The number of ether oxygens (including phenoxy) is 1. The Kier molecular flexibility index (Phi) is 4.44. The standard InChI is InChI=1S/C18H24NO2.ClH/c20-17(12-19-4-2-1-3-5-19)21-13-18-9-14-6-15(10-18)8-16(7-14)11-18;/h1-5,14-16H,6-13H2;1H/q+1;/p-1. The van der Waals surface area contributed by atoms with E-state index in [1.54, 1.807) is 0 Å². The molecule has 4 heteroatoms. The van der Waals surface area contributed by atoms with Gasteiger partial charge in [-0.15, -0.1) is 0 Å². The molecule has 22 heavy (non-hydrogen) atoms. The van der Waals surface area contributed by atoms with Gasteiger partial charge in [0.1, 0.15) is 0 Å². The van der Waals surface area contributed by atoms with Crippen LogP contribution in [-0.2, 0) is 16.1 Å². The van der Waals surface area contributed by atoms with E-state index in [0.29, 0.717) is 18.6 Å². The highest BCUT2D eigenvalue weighted by molar-refractivity contribution is 5.67. The minimum absolute atomic E-state index is 0. The van der Waals surface area contributed by atoms with Gasteiger partial charge in [0.15, 0.2) is 12.4 Å². The van der Waals surface area contributed by atoms with Crippen LogP contribution in [0, 0.1) is 23.2 Å². The van der Waals surface area contributed by atoms with E-state index in [4.69, 9.17) is 4.74 Å². The molecule has 1 heterocycles. The molecule has 0 aliphatic heterocycles. The molecule has 4 saturated carbocycles. The molecule has 0 N–H and O–H groups in total. The molecule has 0 spiro atoms. The highest BCUT2D eigenvalue weighted by Gasteiger charge is 2.51. The van der Waals surface area contributed by atoms with Crippen molar-refractivity contribution in [1.29, 1.82) is 0 Å². The molecule has 0 atom stereocenters. The van der Waals surface area contributed by atoms with Crippen molar-refractivity contribution in [2.24, 2.45) is 23.2 Å². The highest BCUT2D eigenvalue weighted by atomic mass is 35.5. The third-order valence-corrected chi connectivity index (χ3v) is 5.79. The molecule has 0 amide bonds. The van der Waals surface area contributed by atoms with Gasteiger partial charge in [-0.3, -0.25) is 0 Å². The van der Waals surface area contributed by atoms with E-state index in [1.807, 2.05) is 35.2 Å².